The van der Waals surface area contributed by atoms with Crippen LogP contribution in [-0.4, -0.2) is 31.4 Å². The summed E-state index contributed by atoms with van der Waals surface area (Å²) in [5, 5.41) is 0. The van der Waals surface area contributed by atoms with Crippen molar-refractivity contribution in [2.75, 3.05) is 24.3 Å². The lowest BCUT2D eigenvalue weighted by Gasteiger charge is -2.27. The van der Waals surface area contributed by atoms with E-state index in [-0.39, 0.29) is 18.2 Å². The number of ether oxygens (including phenoxy) is 1. The molecule has 0 bridgehead atoms. The van der Waals surface area contributed by atoms with E-state index in [2.05, 4.69) is 4.72 Å². The Morgan fingerprint density at radius 1 is 1.24 bits per heavy atom. The van der Waals surface area contributed by atoms with Crippen molar-refractivity contribution < 1.29 is 27.1 Å². The average Bonchev–Trinajstić information content (AvgIpc) is 3.14. The van der Waals surface area contributed by atoms with Crippen molar-refractivity contribution in [3.8, 4) is 5.75 Å². The Morgan fingerprint density at radius 3 is 2.59 bits per heavy atom. The quantitative estimate of drug-likeness (QED) is 0.525. The van der Waals surface area contributed by atoms with E-state index >= 15 is 0 Å². The lowest BCUT2D eigenvalue weighted by atomic mass is 10.1. The molecule has 1 atom stereocenters. The number of carbonyl (C=O) groups is 1. The van der Waals surface area contributed by atoms with Crippen LogP contribution in [0.4, 0.5) is 23.2 Å². The Balaban J connectivity index is 1.64. The summed E-state index contributed by atoms with van der Waals surface area (Å²) >= 11 is 1.08. The number of nitrogens with zero attached hydrogens (tertiary/aromatic N) is 1. The topological polar surface area (TPSA) is 41.6 Å². The van der Waals surface area contributed by atoms with Gasteiger partial charge in [0.2, 0.25) is 0 Å². The van der Waals surface area contributed by atoms with Crippen molar-refractivity contribution in [2.45, 2.75) is 25.1 Å². The van der Waals surface area contributed by atoms with E-state index in [1.807, 2.05) is 4.90 Å². The molecule has 4 nitrogen and oxygen atoms in total. The van der Waals surface area contributed by atoms with Crippen LogP contribution in [0.1, 0.15) is 28.8 Å². The highest BCUT2D eigenvalue weighted by molar-refractivity contribution is 7.97. The first-order chi connectivity index (χ1) is 13.8. The highest BCUT2D eigenvalue weighted by atomic mass is 32.2. The van der Waals surface area contributed by atoms with E-state index < -0.39 is 23.5 Å². The summed E-state index contributed by atoms with van der Waals surface area (Å²) in [4.78, 5) is 13.7. The van der Waals surface area contributed by atoms with Crippen LogP contribution in [0.5, 0.6) is 5.75 Å². The lowest BCUT2D eigenvalue weighted by Crippen LogP contribution is -2.34. The first kappa shape index (κ1) is 21.3. The number of benzene rings is 2. The molecule has 2 aromatic carbocycles. The van der Waals surface area contributed by atoms with Crippen LogP contribution >= 0.6 is 11.9 Å². The van der Waals surface area contributed by atoms with Crippen LogP contribution in [0.25, 0.3) is 0 Å². The van der Waals surface area contributed by atoms with Gasteiger partial charge in [-0.1, -0.05) is 11.9 Å². The molecule has 156 valence electrons. The molecule has 1 unspecified atom stereocenters. The van der Waals surface area contributed by atoms with E-state index in [1.165, 1.54) is 24.3 Å². The number of hydrogen-bond acceptors (Lipinski definition) is 4. The van der Waals surface area contributed by atoms with E-state index in [4.69, 9.17) is 4.74 Å². The van der Waals surface area contributed by atoms with Gasteiger partial charge in [-0.05, 0) is 49.2 Å². The first-order valence-electron chi connectivity index (χ1n) is 8.99. The Bertz CT molecular complexity index is 859. The Hall–Kier alpha value is -2.42. The molecule has 1 heterocycles. The summed E-state index contributed by atoms with van der Waals surface area (Å²) in [5.74, 6) is -0.909. The molecule has 29 heavy (non-hydrogen) atoms. The number of hydrogen-bond donors (Lipinski definition) is 1. The lowest BCUT2D eigenvalue weighted by molar-refractivity contribution is -0.137. The third-order valence-corrected chi connectivity index (χ3v) is 5.12. The number of halogens is 4. The van der Waals surface area contributed by atoms with Crippen molar-refractivity contribution in [3.63, 3.8) is 0 Å². The van der Waals surface area contributed by atoms with Crippen LogP contribution in [0.2, 0.25) is 0 Å². The molecular weight excluding hydrogens is 408 g/mol. The fourth-order valence-electron chi connectivity index (χ4n) is 3.30. The summed E-state index contributed by atoms with van der Waals surface area (Å²) in [6.45, 7) is 0.971. The zero-order chi connectivity index (χ0) is 21.0. The summed E-state index contributed by atoms with van der Waals surface area (Å²) in [6.07, 6.45) is -0.999. The minimum atomic E-state index is -4.37. The van der Waals surface area contributed by atoms with Gasteiger partial charge in [0.25, 0.3) is 5.91 Å². The predicted molar refractivity (Wildman–Crippen MR) is 105 cm³/mol. The van der Waals surface area contributed by atoms with Crippen LogP contribution in [0, 0.1) is 5.82 Å². The zero-order valence-electron chi connectivity index (χ0n) is 15.6. The molecule has 1 aliphatic heterocycles. The number of nitrogens with one attached hydrogen (secondary N) is 1. The second-order valence-corrected chi connectivity index (χ2v) is 7.23. The largest absolute Gasteiger partial charge is 0.491 e. The molecule has 0 aromatic heterocycles. The van der Waals surface area contributed by atoms with Gasteiger partial charge >= 0.3 is 6.18 Å². The molecule has 2 aromatic rings. The van der Waals surface area contributed by atoms with Crippen molar-refractivity contribution in [1.82, 2.24) is 4.72 Å². The van der Waals surface area contributed by atoms with E-state index in [9.17, 15) is 22.4 Å². The van der Waals surface area contributed by atoms with Gasteiger partial charge in [-0.15, -0.1) is 0 Å². The third-order valence-electron chi connectivity index (χ3n) is 4.73. The van der Waals surface area contributed by atoms with Crippen molar-refractivity contribution in [2.24, 2.45) is 0 Å². The summed E-state index contributed by atoms with van der Waals surface area (Å²) < 4.78 is 60.5. The first-order valence-corrected chi connectivity index (χ1v) is 10.2. The van der Waals surface area contributed by atoms with Gasteiger partial charge in [0.15, 0.2) is 0 Å². The third kappa shape index (κ3) is 5.14. The predicted octanol–water partition coefficient (Wildman–Crippen LogP) is 4.90. The van der Waals surface area contributed by atoms with Gasteiger partial charge in [-0.25, -0.2) is 4.39 Å². The number of carbonyl (C=O) groups excluding carboxylic acids is 1. The minimum Gasteiger partial charge on any atom is -0.491 e. The number of rotatable bonds is 6. The van der Waals surface area contributed by atoms with Gasteiger partial charge in [0.05, 0.1) is 17.2 Å². The summed E-state index contributed by atoms with van der Waals surface area (Å²) in [6, 6.07) is 9.06. The second kappa shape index (κ2) is 8.94. The van der Waals surface area contributed by atoms with E-state index in [0.29, 0.717) is 18.0 Å². The molecule has 0 spiro atoms. The number of anilines is 1. The minimum absolute atomic E-state index is 0.0331. The Kier molecular flexibility index (Phi) is 6.56. The monoisotopic (exact) mass is 428 g/mol. The smallest absolute Gasteiger partial charge is 0.416 e. The van der Waals surface area contributed by atoms with Crippen LogP contribution in [-0.2, 0) is 6.18 Å². The van der Waals surface area contributed by atoms with Gasteiger partial charge < -0.3 is 9.64 Å². The molecule has 0 saturated carbocycles. The molecule has 1 N–H and O–H groups in total. The Morgan fingerprint density at radius 2 is 1.97 bits per heavy atom. The van der Waals surface area contributed by atoms with Crippen LogP contribution in [0.3, 0.4) is 0 Å². The Labute approximate surface area is 170 Å². The molecule has 1 aliphatic rings. The van der Waals surface area contributed by atoms with Crippen molar-refractivity contribution >= 4 is 23.5 Å². The van der Waals surface area contributed by atoms with Gasteiger partial charge in [0, 0.05) is 24.6 Å². The van der Waals surface area contributed by atoms with Gasteiger partial charge in [-0.2, -0.15) is 13.2 Å². The maximum Gasteiger partial charge on any atom is 0.416 e. The SMILES string of the molecule is CSNC(=O)c1ccc(OCC2CCCN2c2ccc(C(F)(F)F)cc2)cc1F. The van der Waals surface area contributed by atoms with E-state index in [0.717, 1.165) is 43.0 Å². The van der Waals surface area contributed by atoms with Crippen LogP contribution in [0.15, 0.2) is 42.5 Å². The highest BCUT2D eigenvalue weighted by Crippen LogP contribution is 2.32. The summed E-state index contributed by atoms with van der Waals surface area (Å²) in [5.41, 5.74) is -0.0624. The fourth-order valence-corrected chi connectivity index (χ4v) is 3.60. The molecule has 1 saturated heterocycles. The molecule has 1 amide bonds. The molecule has 3 rings (SSSR count). The molecular formula is C20H20F4N2O2S. The maximum atomic E-state index is 14.1. The second-order valence-electron chi connectivity index (χ2n) is 6.62. The molecule has 0 aliphatic carbocycles. The number of alkyl halides is 3. The zero-order valence-corrected chi connectivity index (χ0v) is 16.4. The van der Waals surface area contributed by atoms with E-state index in [1.54, 1.807) is 6.26 Å². The van der Waals surface area contributed by atoms with Gasteiger partial charge in [0.1, 0.15) is 18.2 Å². The van der Waals surface area contributed by atoms with Gasteiger partial charge in [-0.3, -0.25) is 9.52 Å². The van der Waals surface area contributed by atoms with Crippen LogP contribution < -0.4 is 14.4 Å². The van der Waals surface area contributed by atoms with Crippen molar-refractivity contribution in [3.05, 3.63) is 59.4 Å². The number of amides is 1. The molecule has 9 heteroatoms. The average molecular weight is 428 g/mol. The fraction of sp³-hybridized carbons (Fsp3) is 0.350. The van der Waals surface area contributed by atoms with Crippen molar-refractivity contribution in [1.29, 1.82) is 0 Å². The maximum absolute atomic E-state index is 14.1. The molecule has 1 fully saturated rings. The summed E-state index contributed by atoms with van der Waals surface area (Å²) in [7, 11) is 0. The normalized spacial score (nSPS) is 16.7. The molecule has 0 radical (unpaired) electrons. The standard InChI is InChI=1S/C20H20F4N2O2S/c1-29-25-19(27)17-9-8-16(11-18(17)21)28-12-15-3-2-10-26(15)14-6-4-13(5-7-14)20(22,23)24/h4-9,11,15H,2-3,10,12H2,1H3,(H,25,27). The highest BCUT2D eigenvalue weighted by Gasteiger charge is 2.31.